The number of hydrogen-bond acceptors (Lipinski definition) is 9. The van der Waals surface area contributed by atoms with Crippen LogP contribution in [0, 0.1) is 5.92 Å². The first-order valence-corrected chi connectivity index (χ1v) is 14.2. The maximum Gasteiger partial charge on any atom is 0.411 e. The molecule has 2 aromatic heterocycles. The first-order chi connectivity index (χ1) is 18.6. The van der Waals surface area contributed by atoms with Crippen molar-refractivity contribution in [3.63, 3.8) is 0 Å². The lowest BCUT2D eigenvalue weighted by molar-refractivity contribution is 0.0208. The van der Waals surface area contributed by atoms with E-state index in [-0.39, 0.29) is 17.4 Å². The molecule has 0 bridgehead atoms. The lowest BCUT2D eigenvalue weighted by atomic mass is 9.95. The number of nitrogens with zero attached hydrogens (tertiary/aromatic N) is 5. The van der Waals surface area contributed by atoms with Gasteiger partial charge in [-0.2, -0.15) is 10.1 Å². The lowest BCUT2D eigenvalue weighted by Crippen LogP contribution is -2.45. The number of benzene rings is 1. The third kappa shape index (κ3) is 5.90. The molecule has 9 nitrogen and oxygen atoms in total. The molecule has 0 radical (unpaired) electrons. The molecule has 3 aromatic rings. The average molecular weight is 550 g/mol. The second-order valence-electron chi connectivity index (χ2n) is 11.0. The highest BCUT2D eigenvalue weighted by Gasteiger charge is 2.34. The van der Waals surface area contributed by atoms with Gasteiger partial charge in [0.15, 0.2) is 0 Å². The van der Waals surface area contributed by atoms with Crippen molar-refractivity contribution in [1.82, 2.24) is 20.1 Å². The van der Waals surface area contributed by atoms with E-state index in [2.05, 4.69) is 53.2 Å². The summed E-state index contributed by atoms with van der Waals surface area (Å²) in [7, 11) is 1.58. The molecule has 39 heavy (non-hydrogen) atoms. The largest absolute Gasteiger partial charge is 0.480 e. The minimum Gasteiger partial charge on any atom is -0.480 e. The molecular formula is C29H35N5O4S. The summed E-state index contributed by atoms with van der Waals surface area (Å²) in [5.41, 5.74) is 4.58. The highest BCUT2D eigenvalue weighted by molar-refractivity contribution is 7.99. The summed E-state index contributed by atoms with van der Waals surface area (Å²) in [4.78, 5) is 22.0. The third-order valence-electron chi connectivity index (χ3n) is 6.62. The Hall–Kier alpha value is -3.53. The molecule has 0 saturated carbocycles. The lowest BCUT2D eigenvalue weighted by Gasteiger charge is -2.33. The van der Waals surface area contributed by atoms with Gasteiger partial charge in [0, 0.05) is 30.3 Å². The van der Waals surface area contributed by atoms with E-state index in [1.54, 1.807) is 25.1 Å². The molecular weight excluding hydrogens is 514 g/mol. The van der Waals surface area contributed by atoms with Gasteiger partial charge in [0.1, 0.15) is 18.0 Å². The Morgan fingerprint density at radius 3 is 2.64 bits per heavy atom. The van der Waals surface area contributed by atoms with E-state index in [0.29, 0.717) is 31.5 Å². The summed E-state index contributed by atoms with van der Waals surface area (Å²) in [6, 6.07) is 12.3. The number of amides is 1. The Balaban J connectivity index is 1.36. The second-order valence-corrected chi connectivity index (χ2v) is 12.1. The highest BCUT2D eigenvalue weighted by atomic mass is 32.2. The van der Waals surface area contributed by atoms with E-state index in [1.807, 2.05) is 37.8 Å². The number of fused-ring (bicyclic) bond motifs is 3. The molecule has 0 N–H and O–H groups in total. The SMILES string of the molecule is COc1cc(-c2ccc3c(c2)COc2nc(N4CCN(C(=O)OC(C)(C)C)[C@@H](C(C)C)SC4)ccc2-3)cnn1. The summed E-state index contributed by atoms with van der Waals surface area (Å²) in [6.45, 7) is 11.6. The Labute approximate surface area is 233 Å². The zero-order valence-electron chi connectivity index (χ0n) is 23.3. The molecule has 5 rings (SSSR count). The zero-order valence-corrected chi connectivity index (χ0v) is 24.1. The second kappa shape index (κ2) is 10.9. The van der Waals surface area contributed by atoms with E-state index >= 15 is 0 Å². The zero-order chi connectivity index (χ0) is 27.7. The molecule has 1 amide bonds. The van der Waals surface area contributed by atoms with Gasteiger partial charge in [0.05, 0.1) is 24.6 Å². The van der Waals surface area contributed by atoms with Gasteiger partial charge in [-0.15, -0.1) is 16.9 Å². The van der Waals surface area contributed by atoms with Crippen LogP contribution in [0.2, 0.25) is 0 Å². The molecule has 4 heterocycles. The molecule has 0 unspecified atom stereocenters. The summed E-state index contributed by atoms with van der Waals surface area (Å²) >= 11 is 1.74. The van der Waals surface area contributed by atoms with Crippen molar-refractivity contribution in [1.29, 1.82) is 0 Å². The Morgan fingerprint density at radius 2 is 1.90 bits per heavy atom. The van der Waals surface area contributed by atoms with Crippen LogP contribution in [0.4, 0.5) is 10.6 Å². The number of pyridine rings is 1. The smallest absolute Gasteiger partial charge is 0.411 e. The number of carbonyl (C=O) groups excluding carboxylic acids is 1. The normalized spacial score (nSPS) is 17.2. The minimum absolute atomic E-state index is 0.0235. The van der Waals surface area contributed by atoms with E-state index in [9.17, 15) is 4.79 Å². The van der Waals surface area contributed by atoms with Gasteiger partial charge in [0.2, 0.25) is 11.8 Å². The van der Waals surface area contributed by atoms with Crippen LogP contribution in [-0.2, 0) is 11.3 Å². The van der Waals surface area contributed by atoms with Crippen molar-refractivity contribution in [3.05, 3.63) is 48.2 Å². The van der Waals surface area contributed by atoms with Gasteiger partial charge in [0.25, 0.3) is 0 Å². The Bertz CT molecular complexity index is 1360. The summed E-state index contributed by atoms with van der Waals surface area (Å²) in [5, 5.41) is 8.01. The van der Waals surface area contributed by atoms with Crippen LogP contribution in [0.15, 0.2) is 42.6 Å². The molecule has 10 heteroatoms. The number of rotatable bonds is 4. The number of thioether (sulfide) groups is 1. The predicted molar refractivity (Wildman–Crippen MR) is 153 cm³/mol. The van der Waals surface area contributed by atoms with Crippen molar-refractivity contribution in [3.8, 4) is 34.0 Å². The minimum atomic E-state index is -0.536. The first-order valence-electron chi connectivity index (χ1n) is 13.1. The number of carbonyl (C=O) groups is 1. The van der Waals surface area contributed by atoms with Crippen LogP contribution < -0.4 is 14.4 Å². The molecule has 206 valence electrons. The Kier molecular flexibility index (Phi) is 7.57. The van der Waals surface area contributed by atoms with Crippen LogP contribution >= 0.6 is 11.8 Å². The van der Waals surface area contributed by atoms with Crippen LogP contribution in [0.3, 0.4) is 0 Å². The van der Waals surface area contributed by atoms with Crippen molar-refractivity contribution >= 4 is 23.7 Å². The summed E-state index contributed by atoms with van der Waals surface area (Å²) < 4.78 is 17.1. The van der Waals surface area contributed by atoms with Gasteiger partial charge >= 0.3 is 6.09 Å². The highest BCUT2D eigenvalue weighted by Crippen LogP contribution is 2.40. The van der Waals surface area contributed by atoms with E-state index in [4.69, 9.17) is 19.2 Å². The maximum absolute atomic E-state index is 13.0. The van der Waals surface area contributed by atoms with Crippen LogP contribution in [0.1, 0.15) is 40.2 Å². The van der Waals surface area contributed by atoms with Gasteiger partial charge in [-0.1, -0.05) is 26.0 Å². The van der Waals surface area contributed by atoms with Crippen molar-refractivity contribution in [2.75, 3.05) is 31.0 Å². The Morgan fingerprint density at radius 1 is 1.10 bits per heavy atom. The molecule has 2 aliphatic rings. The van der Waals surface area contributed by atoms with Gasteiger partial charge < -0.3 is 19.1 Å². The third-order valence-corrected chi connectivity index (χ3v) is 8.22. The van der Waals surface area contributed by atoms with E-state index in [1.165, 1.54) is 0 Å². The molecule has 1 aromatic carbocycles. The standard InChI is InChI=1S/C29H35N5O4S/c1-18(2)27-34(28(35)38-29(3,4)5)12-11-33(17-39-27)24-10-9-23-22-8-7-19(13-21(22)16-37-26(23)31-24)20-14-25(36-6)32-30-15-20/h7-10,13-15,18,27H,11-12,16-17H2,1-6H3/t27-/m1/s1. The van der Waals surface area contributed by atoms with Crippen LogP contribution in [0.25, 0.3) is 22.3 Å². The van der Waals surface area contributed by atoms with Crippen LogP contribution in [-0.4, -0.2) is 63.2 Å². The fourth-order valence-electron chi connectivity index (χ4n) is 4.75. The van der Waals surface area contributed by atoms with Crippen molar-refractivity contribution in [2.24, 2.45) is 5.92 Å². The monoisotopic (exact) mass is 549 g/mol. The summed E-state index contributed by atoms with van der Waals surface area (Å²) in [6.07, 6.45) is 1.46. The fourth-order valence-corrected chi connectivity index (χ4v) is 6.10. The fraction of sp³-hybridized carbons (Fsp3) is 0.448. The first kappa shape index (κ1) is 27.1. The molecule has 1 atom stereocenters. The maximum atomic E-state index is 13.0. The molecule has 1 fully saturated rings. The molecule has 2 aliphatic heterocycles. The number of anilines is 1. The van der Waals surface area contributed by atoms with Gasteiger partial charge in [-0.25, -0.2) is 4.79 Å². The van der Waals surface area contributed by atoms with Crippen LogP contribution in [0.5, 0.6) is 11.8 Å². The van der Waals surface area contributed by atoms with Gasteiger partial charge in [-0.3, -0.25) is 4.90 Å². The quantitative estimate of drug-likeness (QED) is 0.398. The van der Waals surface area contributed by atoms with Crippen molar-refractivity contribution < 1.29 is 19.0 Å². The number of hydrogen-bond donors (Lipinski definition) is 0. The predicted octanol–water partition coefficient (Wildman–Crippen LogP) is 5.84. The van der Waals surface area contributed by atoms with E-state index < -0.39 is 5.60 Å². The van der Waals surface area contributed by atoms with E-state index in [0.717, 1.165) is 39.5 Å². The average Bonchev–Trinajstić information content (AvgIpc) is 3.15. The molecule has 0 aliphatic carbocycles. The summed E-state index contributed by atoms with van der Waals surface area (Å²) in [5.74, 6) is 2.94. The topological polar surface area (TPSA) is 89.9 Å². The van der Waals surface area contributed by atoms with Gasteiger partial charge in [-0.05, 0) is 61.6 Å². The van der Waals surface area contributed by atoms with Crippen molar-refractivity contribution in [2.45, 2.75) is 52.2 Å². The molecule has 1 saturated heterocycles. The number of methoxy groups -OCH3 is 1. The number of aromatic nitrogens is 3. The number of ether oxygens (including phenoxy) is 3. The molecule has 0 spiro atoms.